The number of methoxy groups -OCH3 is 1. The molecule has 0 saturated heterocycles. The fourth-order valence-corrected chi connectivity index (χ4v) is 2.12. The van der Waals surface area contributed by atoms with Gasteiger partial charge in [-0.2, -0.15) is 0 Å². The third-order valence-corrected chi connectivity index (χ3v) is 3.27. The average Bonchev–Trinajstić information content (AvgIpc) is 2.38. The summed E-state index contributed by atoms with van der Waals surface area (Å²) in [4.78, 5) is 13.7. The second-order valence-electron chi connectivity index (χ2n) is 5.03. The van der Waals surface area contributed by atoms with Gasteiger partial charge in [0.25, 0.3) is 0 Å². The molecule has 1 rings (SSSR count). The summed E-state index contributed by atoms with van der Waals surface area (Å²) in [6.07, 6.45) is 3.70. The molecule has 0 atom stereocenters. The zero-order valence-corrected chi connectivity index (χ0v) is 12.5. The van der Waals surface area contributed by atoms with Crippen LogP contribution in [-0.4, -0.2) is 31.4 Å². The van der Waals surface area contributed by atoms with Crippen LogP contribution in [0.5, 0.6) is 5.75 Å². The molecular weight excluding hydrogens is 238 g/mol. The summed E-state index contributed by atoms with van der Waals surface area (Å²) in [6.45, 7) is 5.69. The van der Waals surface area contributed by atoms with Crippen LogP contribution in [0.1, 0.15) is 49.0 Å². The number of rotatable bonds is 8. The number of ketones is 1. The van der Waals surface area contributed by atoms with Crippen molar-refractivity contribution in [3.05, 3.63) is 29.3 Å². The van der Waals surface area contributed by atoms with Crippen LogP contribution in [-0.2, 0) is 6.54 Å². The van der Waals surface area contributed by atoms with E-state index in [9.17, 15) is 4.79 Å². The SMILES string of the molecule is CCCCCN(C)Cc1cc(C(C)=O)ccc1OC. The maximum Gasteiger partial charge on any atom is 0.159 e. The van der Waals surface area contributed by atoms with Crippen molar-refractivity contribution in [2.45, 2.75) is 39.7 Å². The van der Waals surface area contributed by atoms with Gasteiger partial charge in [0.05, 0.1) is 7.11 Å². The van der Waals surface area contributed by atoms with Crippen LogP contribution in [0, 0.1) is 0 Å². The van der Waals surface area contributed by atoms with E-state index in [1.165, 1.54) is 19.3 Å². The van der Waals surface area contributed by atoms with Gasteiger partial charge in [0.1, 0.15) is 5.75 Å². The summed E-state index contributed by atoms with van der Waals surface area (Å²) in [5, 5.41) is 0. The fourth-order valence-electron chi connectivity index (χ4n) is 2.12. The predicted octanol–water partition coefficient (Wildman–Crippen LogP) is 3.52. The third kappa shape index (κ3) is 5.03. The van der Waals surface area contributed by atoms with Crippen LogP contribution in [0.4, 0.5) is 0 Å². The van der Waals surface area contributed by atoms with Crippen molar-refractivity contribution in [2.75, 3.05) is 20.7 Å². The normalized spacial score (nSPS) is 10.8. The molecule has 0 fully saturated rings. The molecular formula is C16H25NO2. The minimum absolute atomic E-state index is 0.0949. The van der Waals surface area contributed by atoms with Gasteiger partial charge in [-0.25, -0.2) is 0 Å². The summed E-state index contributed by atoms with van der Waals surface area (Å²) < 4.78 is 5.37. The minimum Gasteiger partial charge on any atom is -0.496 e. The van der Waals surface area contributed by atoms with Crippen LogP contribution in [0.15, 0.2) is 18.2 Å². The van der Waals surface area contributed by atoms with Gasteiger partial charge in [0.2, 0.25) is 0 Å². The van der Waals surface area contributed by atoms with Crippen LogP contribution >= 0.6 is 0 Å². The largest absolute Gasteiger partial charge is 0.496 e. The van der Waals surface area contributed by atoms with Gasteiger partial charge in [-0.3, -0.25) is 4.79 Å². The van der Waals surface area contributed by atoms with Gasteiger partial charge in [-0.15, -0.1) is 0 Å². The number of Topliss-reactive ketones (excluding diaryl/α,β-unsaturated/α-hetero) is 1. The molecule has 0 bridgehead atoms. The lowest BCUT2D eigenvalue weighted by molar-refractivity contribution is 0.101. The van der Waals surface area contributed by atoms with Crippen LogP contribution < -0.4 is 4.74 Å². The molecule has 0 aromatic heterocycles. The lowest BCUT2D eigenvalue weighted by Gasteiger charge is -2.18. The number of ether oxygens (including phenoxy) is 1. The third-order valence-electron chi connectivity index (χ3n) is 3.27. The molecule has 0 saturated carbocycles. The minimum atomic E-state index is 0.0949. The van der Waals surface area contributed by atoms with E-state index >= 15 is 0 Å². The molecule has 0 unspecified atom stereocenters. The van der Waals surface area contributed by atoms with Crippen molar-refractivity contribution < 1.29 is 9.53 Å². The Bertz CT molecular complexity index is 415. The lowest BCUT2D eigenvalue weighted by Crippen LogP contribution is -2.19. The Labute approximate surface area is 116 Å². The van der Waals surface area contributed by atoms with Gasteiger partial charge in [0.15, 0.2) is 5.78 Å². The Morgan fingerprint density at radius 1 is 1.32 bits per heavy atom. The topological polar surface area (TPSA) is 29.5 Å². The maximum atomic E-state index is 11.4. The molecule has 0 spiro atoms. The summed E-state index contributed by atoms with van der Waals surface area (Å²) in [7, 11) is 3.78. The van der Waals surface area contributed by atoms with Crippen molar-refractivity contribution in [3.8, 4) is 5.75 Å². The first kappa shape index (κ1) is 15.7. The van der Waals surface area contributed by atoms with E-state index < -0.39 is 0 Å². The monoisotopic (exact) mass is 263 g/mol. The first-order chi connectivity index (χ1) is 9.08. The van der Waals surface area contributed by atoms with Gasteiger partial charge < -0.3 is 9.64 Å². The Balaban J connectivity index is 2.74. The quantitative estimate of drug-likeness (QED) is 0.531. The second kappa shape index (κ2) is 7.95. The van der Waals surface area contributed by atoms with Crippen LogP contribution in [0.2, 0.25) is 0 Å². The van der Waals surface area contributed by atoms with Crippen LogP contribution in [0.3, 0.4) is 0 Å². The van der Waals surface area contributed by atoms with Crippen molar-refractivity contribution in [1.82, 2.24) is 4.90 Å². The van der Waals surface area contributed by atoms with E-state index in [1.807, 2.05) is 18.2 Å². The second-order valence-corrected chi connectivity index (χ2v) is 5.03. The highest BCUT2D eigenvalue weighted by Gasteiger charge is 2.09. The zero-order valence-electron chi connectivity index (χ0n) is 12.5. The Morgan fingerprint density at radius 3 is 2.63 bits per heavy atom. The van der Waals surface area contributed by atoms with E-state index in [0.29, 0.717) is 0 Å². The summed E-state index contributed by atoms with van der Waals surface area (Å²) in [5.41, 5.74) is 1.83. The molecule has 3 nitrogen and oxygen atoms in total. The van der Waals surface area contributed by atoms with Crippen LogP contribution in [0.25, 0.3) is 0 Å². The number of carbonyl (C=O) groups is 1. The molecule has 1 aromatic carbocycles. The molecule has 0 aliphatic carbocycles. The van der Waals surface area contributed by atoms with Gasteiger partial charge in [-0.1, -0.05) is 19.8 Å². The van der Waals surface area contributed by atoms with Crippen molar-refractivity contribution in [3.63, 3.8) is 0 Å². The molecule has 3 heteroatoms. The predicted molar refractivity (Wildman–Crippen MR) is 78.9 cm³/mol. The molecule has 0 aliphatic rings. The molecule has 0 heterocycles. The Morgan fingerprint density at radius 2 is 2.05 bits per heavy atom. The molecule has 19 heavy (non-hydrogen) atoms. The zero-order chi connectivity index (χ0) is 14.3. The van der Waals surface area contributed by atoms with Crippen molar-refractivity contribution in [1.29, 1.82) is 0 Å². The molecule has 0 aliphatic heterocycles. The summed E-state index contributed by atoms with van der Waals surface area (Å²) in [6, 6.07) is 5.64. The number of hydrogen-bond acceptors (Lipinski definition) is 3. The number of carbonyl (C=O) groups excluding carboxylic acids is 1. The number of nitrogens with zero attached hydrogens (tertiary/aromatic N) is 1. The number of hydrogen-bond donors (Lipinski definition) is 0. The number of benzene rings is 1. The lowest BCUT2D eigenvalue weighted by atomic mass is 10.1. The number of unbranched alkanes of at least 4 members (excludes halogenated alkanes) is 2. The highest BCUT2D eigenvalue weighted by atomic mass is 16.5. The molecule has 0 amide bonds. The Hall–Kier alpha value is -1.35. The summed E-state index contributed by atoms with van der Waals surface area (Å²) in [5.74, 6) is 0.949. The molecule has 106 valence electrons. The van der Waals surface area contributed by atoms with Gasteiger partial charge in [-0.05, 0) is 45.1 Å². The standard InChI is InChI=1S/C16H25NO2/c1-5-6-7-10-17(3)12-15-11-14(13(2)18)8-9-16(15)19-4/h8-9,11H,5-7,10,12H2,1-4H3. The first-order valence-electron chi connectivity index (χ1n) is 6.94. The van der Waals surface area contributed by atoms with E-state index in [1.54, 1.807) is 14.0 Å². The van der Waals surface area contributed by atoms with Gasteiger partial charge in [0, 0.05) is 17.7 Å². The fraction of sp³-hybridized carbons (Fsp3) is 0.562. The summed E-state index contributed by atoms with van der Waals surface area (Å²) >= 11 is 0. The Kier molecular flexibility index (Phi) is 6.57. The van der Waals surface area contributed by atoms with E-state index in [2.05, 4.69) is 18.9 Å². The van der Waals surface area contributed by atoms with E-state index in [4.69, 9.17) is 4.74 Å². The molecule has 1 aromatic rings. The van der Waals surface area contributed by atoms with Gasteiger partial charge >= 0.3 is 0 Å². The van der Waals surface area contributed by atoms with Crippen molar-refractivity contribution >= 4 is 5.78 Å². The average molecular weight is 263 g/mol. The molecule has 0 N–H and O–H groups in total. The highest BCUT2D eigenvalue weighted by molar-refractivity contribution is 5.94. The van der Waals surface area contributed by atoms with Crippen molar-refractivity contribution in [2.24, 2.45) is 0 Å². The first-order valence-corrected chi connectivity index (χ1v) is 6.94. The highest BCUT2D eigenvalue weighted by Crippen LogP contribution is 2.21. The van der Waals surface area contributed by atoms with E-state index in [0.717, 1.165) is 30.0 Å². The van der Waals surface area contributed by atoms with E-state index in [-0.39, 0.29) is 5.78 Å². The molecule has 0 radical (unpaired) electrons. The smallest absolute Gasteiger partial charge is 0.159 e. The maximum absolute atomic E-state index is 11.4.